The van der Waals surface area contributed by atoms with Crippen molar-refractivity contribution in [3.8, 4) is 0 Å². The summed E-state index contributed by atoms with van der Waals surface area (Å²) in [6.07, 6.45) is 2.85. The Kier molecular flexibility index (Phi) is 8.70. The molecule has 2 fully saturated rings. The van der Waals surface area contributed by atoms with Crippen molar-refractivity contribution in [3.05, 3.63) is 95.7 Å². The van der Waals surface area contributed by atoms with Gasteiger partial charge in [0.25, 0.3) is 5.91 Å². The van der Waals surface area contributed by atoms with Gasteiger partial charge in [-0.25, -0.2) is 0 Å². The third-order valence-corrected chi connectivity index (χ3v) is 13.2. The molecule has 3 N–H and O–H groups in total. The minimum Gasteiger partial charge on any atom is -0.394 e. The number of nitrogens with zero attached hydrogens (tertiary/aromatic N) is 2. The first kappa shape index (κ1) is 33.2. The smallest absolute Gasteiger partial charge is 0.264 e. The van der Waals surface area contributed by atoms with Crippen LogP contribution in [0.1, 0.15) is 42.9 Å². The molecule has 1 spiro atoms. The Morgan fingerprint density at radius 2 is 1.82 bits per heavy atom. The standard InChI is InChI=1S/C38H43FN4O5Si/c1-24-36(49(2,3)39)33(20-35(46)42-18-8-9-28(42)23-44)48-38(24)30-11-5-7-13-32(30)43(37(38)47)22-25-14-16-27(17-15-25)41-34(45)19-26-21-40-31-12-6-4-10-29(26)31/h4-7,10-17,21,24,28,33,36,40,44H,8-9,18-20,22-23H2,1-3H3,(H,41,45)/t24-,28-,33+,36-,38+/m0/s1. The first-order chi connectivity index (χ1) is 23.5. The quantitative estimate of drug-likeness (QED) is 0.147. The predicted molar refractivity (Wildman–Crippen MR) is 189 cm³/mol. The normalized spacial score (nSPS) is 25.0. The number of para-hydroxylation sites is 2. The van der Waals surface area contributed by atoms with Gasteiger partial charge in [0.1, 0.15) is 0 Å². The fraction of sp³-hybridized carbons (Fsp3) is 0.395. The Hall–Kier alpha value is -4.32. The molecule has 49 heavy (non-hydrogen) atoms. The monoisotopic (exact) mass is 682 g/mol. The minimum absolute atomic E-state index is 0.0312. The van der Waals surface area contributed by atoms with Gasteiger partial charge in [0.05, 0.1) is 43.8 Å². The molecule has 7 rings (SSSR count). The van der Waals surface area contributed by atoms with E-state index in [2.05, 4.69) is 10.3 Å². The van der Waals surface area contributed by atoms with Crippen molar-refractivity contribution in [2.45, 2.75) is 75.5 Å². The zero-order valence-corrected chi connectivity index (χ0v) is 29.1. The van der Waals surface area contributed by atoms with E-state index in [1.807, 2.05) is 85.9 Å². The molecule has 11 heteroatoms. The van der Waals surface area contributed by atoms with Gasteiger partial charge in [0, 0.05) is 46.4 Å². The van der Waals surface area contributed by atoms with E-state index in [1.54, 1.807) is 22.9 Å². The summed E-state index contributed by atoms with van der Waals surface area (Å²) in [4.78, 5) is 47.6. The summed E-state index contributed by atoms with van der Waals surface area (Å²) in [6, 6.07) is 22.6. The second-order valence-corrected chi connectivity index (χ2v) is 18.0. The van der Waals surface area contributed by atoms with E-state index in [0.29, 0.717) is 23.5 Å². The largest absolute Gasteiger partial charge is 0.394 e. The average Bonchev–Trinajstić information content (AvgIpc) is 3.84. The molecule has 9 nitrogen and oxygen atoms in total. The number of hydrogen-bond acceptors (Lipinski definition) is 5. The molecule has 3 aliphatic heterocycles. The maximum Gasteiger partial charge on any atom is 0.264 e. The van der Waals surface area contributed by atoms with Crippen LogP contribution in [0.2, 0.25) is 18.6 Å². The van der Waals surface area contributed by atoms with Gasteiger partial charge >= 0.3 is 0 Å². The predicted octanol–water partition coefficient (Wildman–Crippen LogP) is 6.04. The lowest BCUT2D eigenvalue weighted by Gasteiger charge is -2.31. The first-order valence-corrected chi connectivity index (χ1v) is 20.1. The number of likely N-dealkylation sites (tertiary alicyclic amines) is 1. The van der Waals surface area contributed by atoms with Crippen LogP contribution in [0.4, 0.5) is 15.5 Å². The number of aliphatic hydroxyl groups excluding tert-OH is 1. The van der Waals surface area contributed by atoms with Crippen LogP contribution in [0.5, 0.6) is 0 Å². The summed E-state index contributed by atoms with van der Waals surface area (Å²) in [5, 5.41) is 13.8. The molecule has 256 valence electrons. The molecule has 0 saturated carbocycles. The van der Waals surface area contributed by atoms with Crippen molar-refractivity contribution >= 4 is 48.4 Å². The number of ether oxygens (including phenoxy) is 1. The molecule has 0 aliphatic carbocycles. The number of amides is 3. The molecule has 2 saturated heterocycles. The molecule has 1 aromatic heterocycles. The SMILES string of the molecule is C[C@H]1[C@H]([Si](C)(C)F)[C@@H](CC(=O)N2CCC[C@H]2CO)O[C@]12C(=O)N(Cc1ccc(NC(=O)Cc3c[nH]c4ccccc34)cc1)c1ccccc12. The van der Waals surface area contributed by atoms with Gasteiger partial charge in [-0.2, -0.15) is 0 Å². The van der Waals surface area contributed by atoms with Crippen LogP contribution in [0.3, 0.4) is 0 Å². The number of fused-ring (bicyclic) bond motifs is 3. The van der Waals surface area contributed by atoms with E-state index in [4.69, 9.17) is 4.74 Å². The lowest BCUT2D eigenvalue weighted by atomic mass is 9.82. The highest BCUT2D eigenvalue weighted by molar-refractivity contribution is 6.72. The van der Waals surface area contributed by atoms with Crippen LogP contribution in [-0.4, -0.2) is 66.4 Å². The third kappa shape index (κ3) is 5.87. The van der Waals surface area contributed by atoms with Gasteiger partial charge in [-0.1, -0.05) is 55.5 Å². The number of carbonyl (C=O) groups excluding carboxylic acids is 3. The summed E-state index contributed by atoms with van der Waals surface area (Å²) in [7, 11) is -3.43. The van der Waals surface area contributed by atoms with Crippen LogP contribution >= 0.6 is 0 Å². The maximum atomic E-state index is 16.2. The summed E-state index contributed by atoms with van der Waals surface area (Å²) in [6.45, 7) is 5.86. The Bertz CT molecular complexity index is 1890. The summed E-state index contributed by atoms with van der Waals surface area (Å²) in [5.74, 6) is -1.06. The van der Waals surface area contributed by atoms with Gasteiger partial charge in [-0.05, 0) is 61.3 Å². The van der Waals surface area contributed by atoms with Gasteiger partial charge in [0.15, 0.2) is 5.60 Å². The number of H-pyrrole nitrogens is 1. The number of halogens is 1. The van der Waals surface area contributed by atoms with E-state index in [-0.39, 0.29) is 49.8 Å². The Morgan fingerprint density at radius 1 is 1.08 bits per heavy atom. The van der Waals surface area contributed by atoms with Crippen LogP contribution in [0.25, 0.3) is 10.9 Å². The van der Waals surface area contributed by atoms with E-state index in [1.165, 1.54) is 0 Å². The summed E-state index contributed by atoms with van der Waals surface area (Å²) in [5.41, 5.74) is 2.81. The van der Waals surface area contributed by atoms with E-state index in [9.17, 15) is 19.5 Å². The molecule has 0 unspecified atom stereocenters. The molecule has 5 atom stereocenters. The molecule has 0 radical (unpaired) electrons. The van der Waals surface area contributed by atoms with Crippen molar-refractivity contribution in [3.63, 3.8) is 0 Å². The fourth-order valence-electron chi connectivity index (χ4n) is 8.53. The number of benzene rings is 3. The van der Waals surface area contributed by atoms with E-state index >= 15 is 4.11 Å². The van der Waals surface area contributed by atoms with Crippen LogP contribution < -0.4 is 10.2 Å². The number of rotatable bonds is 9. The molecule has 3 aliphatic rings. The van der Waals surface area contributed by atoms with Gasteiger partial charge in [-0.15, -0.1) is 0 Å². The highest BCUT2D eigenvalue weighted by atomic mass is 28.4. The lowest BCUT2D eigenvalue weighted by Crippen LogP contribution is -2.45. The zero-order valence-electron chi connectivity index (χ0n) is 28.1. The second-order valence-electron chi connectivity index (χ2n) is 14.2. The van der Waals surface area contributed by atoms with Crippen LogP contribution in [0.15, 0.2) is 79.0 Å². The van der Waals surface area contributed by atoms with E-state index in [0.717, 1.165) is 34.9 Å². The zero-order chi connectivity index (χ0) is 34.5. The molecule has 4 heterocycles. The molecule has 3 amide bonds. The van der Waals surface area contributed by atoms with Crippen molar-refractivity contribution in [2.75, 3.05) is 23.4 Å². The van der Waals surface area contributed by atoms with Crippen LogP contribution in [0, 0.1) is 5.92 Å². The summed E-state index contributed by atoms with van der Waals surface area (Å²) >= 11 is 0. The third-order valence-electron chi connectivity index (χ3n) is 10.8. The number of carbonyl (C=O) groups is 3. The molecule has 3 aromatic carbocycles. The van der Waals surface area contributed by atoms with Crippen molar-refractivity contribution in [1.29, 1.82) is 0 Å². The number of hydrogen-bond donors (Lipinski definition) is 3. The highest BCUT2D eigenvalue weighted by Crippen LogP contribution is 2.60. The van der Waals surface area contributed by atoms with Gasteiger partial charge < -0.3 is 34.1 Å². The number of anilines is 2. The molecule has 4 aromatic rings. The minimum atomic E-state index is -3.43. The maximum absolute atomic E-state index is 16.2. The lowest BCUT2D eigenvalue weighted by molar-refractivity contribution is -0.150. The topological polar surface area (TPSA) is 115 Å². The molecular formula is C38H43FN4O5Si. The Balaban J connectivity index is 1.10. The number of aromatic amines is 1. The van der Waals surface area contributed by atoms with E-state index < -0.39 is 31.6 Å². The average molecular weight is 683 g/mol. The number of aromatic nitrogens is 1. The van der Waals surface area contributed by atoms with Crippen LogP contribution in [-0.2, 0) is 37.7 Å². The molecular weight excluding hydrogens is 640 g/mol. The van der Waals surface area contributed by atoms with Crippen molar-refractivity contribution < 1.29 is 28.3 Å². The number of nitrogens with one attached hydrogen (secondary N) is 2. The van der Waals surface area contributed by atoms with Crippen molar-refractivity contribution in [2.24, 2.45) is 5.92 Å². The highest BCUT2D eigenvalue weighted by Gasteiger charge is 2.67. The Labute approximate surface area is 286 Å². The second kappa shape index (κ2) is 12.9. The summed E-state index contributed by atoms with van der Waals surface area (Å²) < 4.78 is 22.9. The fourth-order valence-corrected chi connectivity index (χ4v) is 11.0. The van der Waals surface area contributed by atoms with Gasteiger partial charge in [0.2, 0.25) is 20.2 Å². The van der Waals surface area contributed by atoms with Gasteiger partial charge in [-0.3, -0.25) is 14.4 Å². The van der Waals surface area contributed by atoms with Crippen molar-refractivity contribution in [1.82, 2.24) is 9.88 Å². The Morgan fingerprint density at radius 3 is 2.57 bits per heavy atom. The first-order valence-electron chi connectivity index (χ1n) is 17.1. The molecule has 0 bridgehead atoms. The number of aliphatic hydroxyl groups is 1.